The van der Waals surface area contributed by atoms with Crippen molar-refractivity contribution in [1.82, 2.24) is 0 Å². The molecule has 1 aliphatic rings. The summed E-state index contributed by atoms with van der Waals surface area (Å²) in [5.41, 5.74) is 2.93. The van der Waals surface area contributed by atoms with Gasteiger partial charge in [0.2, 0.25) is 0 Å². The smallest absolute Gasteiger partial charge is 0.268 e. The van der Waals surface area contributed by atoms with Crippen molar-refractivity contribution in [1.29, 1.82) is 0 Å². The van der Waals surface area contributed by atoms with Crippen LogP contribution in [0.2, 0.25) is 0 Å². The fraction of sp³-hybridized carbons (Fsp3) is 0.118. The van der Waals surface area contributed by atoms with E-state index < -0.39 is 0 Å². The Hall–Kier alpha value is -2.33. The molecule has 0 atom stereocenters. The molecule has 2 aromatic rings. The summed E-state index contributed by atoms with van der Waals surface area (Å²) in [5, 5.41) is 0.443. The Balaban J connectivity index is 1.67. The maximum Gasteiger partial charge on any atom is 0.268 e. The van der Waals surface area contributed by atoms with Crippen LogP contribution in [0.15, 0.2) is 66.9 Å². The van der Waals surface area contributed by atoms with Gasteiger partial charge in [0.15, 0.2) is 0 Å². The van der Waals surface area contributed by atoms with Gasteiger partial charge in [-0.15, -0.1) is 0 Å². The third-order valence-corrected chi connectivity index (χ3v) is 3.50. The van der Waals surface area contributed by atoms with Gasteiger partial charge in [0.05, 0.1) is 5.70 Å². The number of anilines is 1. The summed E-state index contributed by atoms with van der Waals surface area (Å²) in [6.07, 6.45) is 0. The topological polar surface area (TPSA) is 21.7 Å². The van der Waals surface area contributed by atoms with E-state index in [1.165, 1.54) is 0 Å². The average Bonchev–Trinajstić information content (AvgIpc) is 2.86. The van der Waals surface area contributed by atoms with Crippen molar-refractivity contribution in [2.24, 2.45) is 0 Å². The van der Waals surface area contributed by atoms with Gasteiger partial charge in [0, 0.05) is 5.69 Å². The van der Waals surface area contributed by atoms with Crippen LogP contribution >= 0.6 is 12.2 Å². The number of thiocarbonyl (C=S) groups is 1. The molecule has 0 aliphatic carbocycles. The zero-order valence-electron chi connectivity index (χ0n) is 11.5. The molecule has 21 heavy (non-hydrogen) atoms. The van der Waals surface area contributed by atoms with Gasteiger partial charge in [-0.25, -0.2) is 0 Å². The lowest BCUT2D eigenvalue weighted by atomic mass is 10.2. The summed E-state index contributed by atoms with van der Waals surface area (Å²) >= 11 is 5.16. The van der Waals surface area contributed by atoms with Crippen molar-refractivity contribution in [3.05, 3.63) is 72.4 Å². The Labute approximate surface area is 129 Å². The minimum absolute atomic E-state index is 0.443. The van der Waals surface area contributed by atoms with Gasteiger partial charge in [-0.2, -0.15) is 0 Å². The fourth-order valence-corrected chi connectivity index (χ4v) is 2.42. The lowest BCUT2D eigenvalue weighted by Gasteiger charge is -2.16. The molecule has 0 N–H and O–H groups in total. The van der Waals surface area contributed by atoms with Crippen LogP contribution in [-0.2, 0) is 11.3 Å². The summed E-state index contributed by atoms with van der Waals surface area (Å²) in [6, 6.07) is 17.8. The predicted octanol–water partition coefficient (Wildman–Crippen LogP) is 3.90. The lowest BCUT2D eigenvalue weighted by molar-refractivity contribution is 0.306. The number of hydrogen-bond donors (Lipinski definition) is 0. The Morgan fingerprint density at radius 2 is 1.81 bits per heavy atom. The van der Waals surface area contributed by atoms with Crippen LogP contribution in [0.5, 0.6) is 5.75 Å². The van der Waals surface area contributed by atoms with Gasteiger partial charge < -0.3 is 9.47 Å². The summed E-state index contributed by atoms with van der Waals surface area (Å²) in [7, 11) is 0. The van der Waals surface area contributed by atoms with Gasteiger partial charge in [0.25, 0.3) is 5.17 Å². The van der Waals surface area contributed by atoms with Crippen LogP contribution in [0.1, 0.15) is 5.56 Å². The average molecular weight is 297 g/mol. The highest BCUT2D eigenvalue weighted by Gasteiger charge is 2.23. The molecule has 1 heterocycles. The van der Waals surface area contributed by atoms with Crippen molar-refractivity contribution in [2.75, 3.05) is 11.5 Å². The minimum atomic E-state index is 0.443. The van der Waals surface area contributed by atoms with E-state index in [0.717, 1.165) is 22.7 Å². The summed E-state index contributed by atoms with van der Waals surface area (Å²) in [6.45, 7) is 4.95. The molecular weight excluding hydrogens is 282 g/mol. The molecule has 0 aromatic heterocycles. The summed E-state index contributed by atoms with van der Waals surface area (Å²) < 4.78 is 11.1. The van der Waals surface area contributed by atoms with E-state index in [1.807, 2.05) is 59.5 Å². The van der Waals surface area contributed by atoms with E-state index in [4.69, 9.17) is 21.7 Å². The SMILES string of the molecule is C=C1COC(=S)N1c1ccc(OCc2ccccc2)cc1. The Bertz CT molecular complexity index is 636. The van der Waals surface area contributed by atoms with Crippen LogP contribution in [0.4, 0.5) is 5.69 Å². The first kappa shape index (κ1) is 13.6. The maximum atomic E-state index is 5.76. The minimum Gasteiger partial charge on any atom is -0.489 e. The first-order chi connectivity index (χ1) is 10.2. The lowest BCUT2D eigenvalue weighted by Crippen LogP contribution is -2.20. The first-order valence-corrected chi connectivity index (χ1v) is 7.06. The molecule has 0 bridgehead atoms. The number of ether oxygens (including phenoxy) is 2. The molecule has 0 spiro atoms. The highest BCUT2D eigenvalue weighted by molar-refractivity contribution is 7.80. The second kappa shape index (κ2) is 5.97. The van der Waals surface area contributed by atoms with E-state index in [0.29, 0.717) is 18.4 Å². The van der Waals surface area contributed by atoms with Crippen LogP contribution in [0, 0.1) is 0 Å². The fourth-order valence-electron chi connectivity index (χ4n) is 2.12. The zero-order chi connectivity index (χ0) is 14.7. The second-order valence-corrected chi connectivity index (χ2v) is 5.07. The molecule has 106 valence electrons. The maximum absolute atomic E-state index is 5.76. The van der Waals surface area contributed by atoms with Crippen molar-refractivity contribution < 1.29 is 9.47 Å². The van der Waals surface area contributed by atoms with E-state index in [9.17, 15) is 0 Å². The van der Waals surface area contributed by atoms with Gasteiger partial charge in [-0.1, -0.05) is 36.9 Å². The van der Waals surface area contributed by atoms with E-state index in [-0.39, 0.29) is 0 Å². The van der Waals surface area contributed by atoms with E-state index in [2.05, 4.69) is 6.58 Å². The molecule has 2 aromatic carbocycles. The number of benzene rings is 2. The monoisotopic (exact) mass is 297 g/mol. The Morgan fingerprint density at radius 1 is 1.10 bits per heavy atom. The van der Waals surface area contributed by atoms with Crippen LogP contribution in [-0.4, -0.2) is 11.8 Å². The van der Waals surface area contributed by atoms with Crippen LogP contribution < -0.4 is 9.64 Å². The van der Waals surface area contributed by atoms with Gasteiger partial charge >= 0.3 is 0 Å². The quantitative estimate of drug-likeness (QED) is 0.798. The van der Waals surface area contributed by atoms with Gasteiger partial charge in [0.1, 0.15) is 19.0 Å². The third kappa shape index (κ3) is 3.06. The molecular formula is C17H15NO2S. The van der Waals surface area contributed by atoms with Crippen molar-refractivity contribution >= 4 is 23.1 Å². The number of hydrogen-bond acceptors (Lipinski definition) is 3. The zero-order valence-corrected chi connectivity index (χ0v) is 12.3. The normalized spacial score (nSPS) is 14.2. The van der Waals surface area contributed by atoms with Crippen LogP contribution in [0.3, 0.4) is 0 Å². The molecule has 3 nitrogen and oxygen atoms in total. The van der Waals surface area contributed by atoms with Crippen LogP contribution in [0.25, 0.3) is 0 Å². The highest BCUT2D eigenvalue weighted by Crippen LogP contribution is 2.26. The second-order valence-electron chi connectivity index (χ2n) is 4.72. The molecule has 0 unspecified atom stereocenters. The van der Waals surface area contributed by atoms with Gasteiger partial charge in [-0.05, 0) is 42.0 Å². The molecule has 1 fully saturated rings. The molecule has 3 rings (SSSR count). The number of nitrogens with zero attached hydrogens (tertiary/aromatic N) is 1. The van der Waals surface area contributed by atoms with Crippen molar-refractivity contribution in [3.8, 4) is 5.75 Å². The Kier molecular flexibility index (Phi) is 3.88. The molecule has 4 heteroatoms. The van der Waals surface area contributed by atoms with Gasteiger partial charge in [-0.3, -0.25) is 4.90 Å². The molecule has 0 amide bonds. The standard InChI is InChI=1S/C17H15NO2S/c1-13-11-20-17(21)18(13)15-7-9-16(10-8-15)19-12-14-5-3-2-4-6-14/h2-10H,1,11-12H2. The predicted molar refractivity (Wildman–Crippen MR) is 87.4 cm³/mol. The van der Waals surface area contributed by atoms with E-state index >= 15 is 0 Å². The van der Waals surface area contributed by atoms with Crippen molar-refractivity contribution in [3.63, 3.8) is 0 Å². The van der Waals surface area contributed by atoms with E-state index in [1.54, 1.807) is 0 Å². The Morgan fingerprint density at radius 3 is 2.43 bits per heavy atom. The largest absolute Gasteiger partial charge is 0.489 e. The summed E-state index contributed by atoms with van der Waals surface area (Å²) in [4.78, 5) is 1.83. The number of rotatable bonds is 4. The third-order valence-electron chi connectivity index (χ3n) is 3.20. The highest BCUT2D eigenvalue weighted by atomic mass is 32.1. The summed E-state index contributed by atoms with van der Waals surface area (Å²) in [5.74, 6) is 0.819. The molecule has 1 aliphatic heterocycles. The van der Waals surface area contributed by atoms with Crippen molar-refractivity contribution in [2.45, 2.75) is 6.61 Å². The first-order valence-electron chi connectivity index (χ1n) is 6.65. The molecule has 0 radical (unpaired) electrons. The molecule has 0 saturated carbocycles. The molecule has 1 saturated heterocycles.